The largest absolute Gasteiger partial charge is 0.507 e. The number of likely N-dealkylation sites (N-methyl/N-ethyl adjacent to an activating group) is 1. The summed E-state index contributed by atoms with van der Waals surface area (Å²) in [7, 11) is 5.59. The van der Waals surface area contributed by atoms with Gasteiger partial charge in [0.2, 0.25) is 5.91 Å². The zero-order chi connectivity index (χ0) is 22.2. The number of phenolic OH excluding ortho intramolecular Hbond substituents is 1. The first-order valence-electron chi connectivity index (χ1n) is 10.4. The van der Waals surface area contributed by atoms with Crippen LogP contribution in [0.3, 0.4) is 0 Å². The van der Waals surface area contributed by atoms with Crippen LogP contribution >= 0.6 is 0 Å². The fourth-order valence-electron chi connectivity index (χ4n) is 3.29. The fraction of sp³-hybridized carbons (Fsp3) is 0.333. The van der Waals surface area contributed by atoms with E-state index in [-0.39, 0.29) is 18.2 Å². The predicted octanol–water partition coefficient (Wildman–Crippen LogP) is 2.73. The molecule has 0 saturated heterocycles. The smallest absolute Gasteiger partial charge is 0.241 e. The Morgan fingerprint density at radius 2 is 1.90 bits per heavy atom. The number of hydrogen-bond donors (Lipinski definition) is 2. The van der Waals surface area contributed by atoms with Crippen LogP contribution in [-0.4, -0.2) is 60.0 Å². The number of hydrogen-bond acceptors (Lipinski definition) is 5. The molecule has 0 bridgehead atoms. The Hall–Kier alpha value is -3.32. The van der Waals surface area contributed by atoms with E-state index in [2.05, 4.69) is 15.3 Å². The molecule has 0 spiro atoms. The molecule has 2 N–H and O–H groups in total. The molecule has 0 radical (unpaired) electrons. The van der Waals surface area contributed by atoms with Gasteiger partial charge in [-0.3, -0.25) is 9.48 Å². The van der Waals surface area contributed by atoms with Crippen molar-refractivity contribution >= 4 is 5.91 Å². The Balaban J connectivity index is 1.73. The third-order valence-electron chi connectivity index (χ3n) is 5.03. The number of benzene rings is 2. The van der Waals surface area contributed by atoms with Crippen molar-refractivity contribution in [2.75, 3.05) is 34.3 Å². The van der Waals surface area contributed by atoms with Crippen molar-refractivity contribution in [3.63, 3.8) is 0 Å². The minimum Gasteiger partial charge on any atom is -0.507 e. The lowest BCUT2D eigenvalue weighted by atomic mass is 10.1. The topological polar surface area (TPSA) is 79.6 Å². The molecule has 0 unspecified atom stereocenters. The van der Waals surface area contributed by atoms with E-state index in [1.54, 1.807) is 30.0 Å². The molecule has 2 aromatic carbocycles. The molecule has 31 heavy (non-hydrogen) atoms. The van der Waals surface area contributed by atoms with Gasteiger partial charge in [0.1, 0.15) is 18.0 Å². The fourth-order valence-corrected chi connectivity index (χ4v) is 3.29. The number of aromatic hydroxyl groups is 1. The summed E-state index contributed by atoms with van der Waals surface area (Å²) in [6.45, 7) is 1.52. The second-order valence-electron chi connectivity index (χ2n) is 7.70. The van der Waals surface area contributed by atoms with Crippen molar-refractivity contribution in [3.8, 4) is 22.8 Å². The number of nitrogens with zero attached hydrogens (tertiary/aromatic N) is 3. The summed E-state index contributed by atoms with van der Waals surface area (Å²) >= 11 is 0. The average molecular weight is 423 g/mol. The molecule has 1 heterocycles. The summed E-state index contributed by atoms with van der Waals surface area (Å²) in [6.07, 6.45) is 1.52. The summed E-state index contributed by atoms with van der Waals surface area (Å²) in [6, 6.07) is 17.0. The van der Waals surface area contributed by atoms with Gasteiger partial charge in [-0.25, -0.2) is 0 Å². The Labute approximate surface area is 183 Å². The second kappa shape index (κ2) is 10.6. The van der Waals surface area contributed by atoms with Crippen LogP contribution in [0.15, 0.2) is 54.6 Å². The number of carbonyl (C=O) groups is 1. The molecule has 7 nitrogen and oxygen atoms in total. The minimum atomic E-state index is -0.0912. The van der Waals surface area contributed by atoms with Gasteiger partial charge in [0.25, 0.3) is 0 Å². The lowest BCUT2D eigenvalue weighted by Crippen LogP contribution is -2.30. The van der Waals surface area contributed by atoms with Crippen LogP contribution in [0.1, 0.15) is 11.3 Å². The second-order valence-corrected chi connectivity index (χ2v) is 7.70. The molecule has 0 saturated carbocycles. The van der Waals surface area contributed by atoms with E-state index in [0.29, 0.717) is 23.6 Å². The van der Waals surface area contributed by atoms with Crippen molar-refractivity contribution in [2.45, 2.75) is 19.4 Å². The predicted molar refractivity (Wildman–Crippen MR) is 121 cm³/mol. The van der Waals surface area contributed by atoms with Crippen molar-refractivity contribution in [3.05, 3.63) is 65.9 Å². The molecule has 164 valence electrons. The molecule has 0 aliphatic carbocycles. The molecular weight excluding hydrogens is 392 g/mol. The quantitative estimate of drug-likeness (QED) is 0.525. The number of nitrogens with one attached hydrogen (secondary N) is 1. The lowest BCUT2D eigenvalue weighted by Gasteiger charge is -2.11. The minimum absolute atomic E-state index is 0.0912. The summed E-state index contributed by atoms with van der Waals surface area (Å²) in [5.41, 5.74) is 3.31. The summed E-state index contributed by atoms with van der Waals surface area (Å²) in [5, 5.41) is 17.9. The highest BCUT2D eigenvalue weighted by atomic mass is 16.5. The third kappa shape index (κ3) is 6.33. The first-order valence-corrected chi connectivity index (χ1v) is 10.4. The highest BCUT2D eigenvalue weighted by Gasteiger charge is 2.16. The monoisotopic (exact) mass is 422 g/mol. The Kier molecular flexibility index (Phi) is 7.67. The van der Waals surface area contributed by atoms with Gasteiger partial charge < -0.3 is 20.1 Å². The van der Waals surface area contributed by atoms with Crippen molar-refractivity contribution in [2.24, 2.45) is 0 Å². The highest BCUT2D eigenvalue weighted by Crippen LogP contribution is 2.32. The van der Waals surface area contributed by atoms with Crippen LogP contribution in [-0.2, 0) is 24.2 Å². The molecule has 7 heteroatoms. The van der Waals surface area contributed by atoms with Crippen molar-refractivity contribution in [1.29, 1.82) is 0 Å². The number of methoxy groups -OCH3 is 1. The SMILES string of the molecule is COc1ccc(O)c(-c2cc(CCN(C)C)n(CC(=O)NCCc3ccccc3)n2)c1. The van der Waals surface area contributed by atoms with Crippen LogP contribution in [0, 0.1) is 0 Å². The Morgan fingerprint density at radius 1 is 1.13 bits per heavy atom. The molecule has 0 aliphatic rings. The molecule has 0 aliphatic heterocycles. The first kappa shape index (κ1) is 22.4. The van der Waals surface area contributed by atoms with Crippen LogP contribution in [0.25, 0.3) is 11.3 Å². The maximum absolute atomic E-state index is 12.6. The van der Waals surface area contributed by atoms with E-state index in [1.165, 1.54) is 5.56 Å². The third-order valence-corrected chi connectivity index (χ3v) is 5.03. The number of aromatic nitrogens is 2. The Bertz CT molecular complexity index is 999. The molecule has 3 rings (SSSR count). The number of carbonyl (C=O) groups excluding carboxylic acids is 1. The highest BCUT2D eigenvalue weighted by molar-refractivity contribution is 5.76. The maximum atomic E-state index is 12.6. The van der Waals surface area contributed by atoms with Gasteiger partial charge in [0, 0.05) is 30.8 Å². The van der Waals surface area contributed by atoms with Crippen LogP contribution in [0.4, 0.5) is 0 Å². The van der Waals surface area contributed by atoms with Gasteiger partial charge in [-0.05, 0) is 50.3 Å². The average Bonchev–Trinajstić information content (AvgIpc) is 3.15. The first-order chi connectivity index (χ1) is 15.0. The summed E-state index contributed by atoms with van der Waals surface area (Å²) < 4.78 is 6.99. The van der Waals surface area contributed by atoms with Gasteiger partial charge in [-0.1, -0.05) is 30.3 Å². The van der Waals surface area contributed by atoms with Gasteiger partial charge in [-0.2, -0.15) is 5.10 Å². The van der Waals surface area contributed by atoms with Gasteiger partial charge in [0.05, 0.1) is 12.8 Å². The molecule has 0 fully saturated rings. The zero-order valence-corrected chi connectivity index (χ0v) is 18.3. The van der Waals surface area contributed by atoms with Gasteiger partial charge in [0.15, 0.2) is 0 Å². The standard InChI is InChI=1S/C24H30N4O3/c1-27(2)14-12-19-15-22(21-16-20(31-3)9-10-23(21)29)26-28(19)17-24(30)25-13-11-18-7-5-4-6-8-18/h4-10,15-16,29H,11-14,17H2,1-3H3,(H,25,30). The normalized spacial score (nSPS) is 11.0. The molecule has 0 atom stereocenters. The van der Waals surface area contributed by atoms with E-state index >= 15 is 0 Å². The lowest BCUT2D eigenvalue weighted by molar-refractivity contribution is -0.121. The van der Waals surface area contributed by atoms with Crippen molar-refractivity contribution < 1.29 is 14.6 Å². The number of rotatable bonds is 10. The van der Waals surface area contributed by atoms with E-state index in [9.17, 15) is 9.90 Å². The molecule has 3 aromatic rings. The molecule has 1 aromatic heterocycles. The summed E-state index contributed by atoms with van der Waals surface area (Å²) in [4.78, 5) is 14.6. The van der Waals surface area contributed by atoms with E-state index in [1.807, 2.05) is 50.5 Å². The van der Waals surface area contributed by atoms with Crippen LogP contribution in [0.5, 0.6) is 11.5 Å². The number of ether oxygens (including phenoxy) is 1. The van der Waals surface area contributed by atoms with Crippen molar-refractivity contribution in [1.82, 2.24) is 20.0 Å². The van der Waals surface area contributed by atoms with E-state index in [4.69, 9.17) is 4.74 Å². The van der Waals surface area contributed by atoms with Gasteiger partial charge in [-0.15, -0.1) is 0 Å². The summed E-state index contributed by atoms with van der Waals surface area (Å²) in [5.74, 6) is 0.666. The number of phenols is 1. The maximum Gasteiger partial charge on any atom is 0.241 e. The van der Waals surface area contributed by atoms with Crippen LogP contribution < -0.4 is 10.1 Å². The Morgan fingerprint density at radius 3 is 2.61 bits per heavy atom. The molecular formula is C24H30N4O3. The number of amides is 1. The van der Waals surface area contributed by atoms with Crippen LogP contribution in [0.2, 0.25) is 0 Å². The molecule has 1 amide bonds. The van der Waals surface area contributed by atoms with Gasteiger partial charge >= 0.3 is 0 Å². The van der Waals surface area contributed by atoms with E-state index < -0.39 is 0 Å². The van der Waals surface area contributed by atoms with E-state index in [0.717, 1.165) is 25.1 Å². The zero-order valence-electron chi connectivity index (χ0n) is 18.3.